The van der Waals surface area contributed by atoms with E-state index in [0.717, 1.165) is 49.4 Å². The number of rotatable bonds is 7. The number of nitrogens with one attached hydrogen (secondary N) is 1. The van der Waals surface area contributed by atoms with Crippen molar-refractivity contribution in [1.29, 1.82) is 0 Å². The van der Waals surface area contributed by atoms with Crippen molar-refractivity contribution >= 4 is 23.1 Å². The second-order valence-electron chi connectivity index (χ2n) is 9.11. The molecule has 1 saturated heterocycles. The van der Waals surface area contributed by atoms with Gasteiger partial charge in [0.1, 0.15) is 5.82 Å². The first-order chi connectivity index (χ1) is 16.6. The summed E-state index contributed by atoms with van der Waals surface area (Å²) in [4.78, 5) is 14.7. The molecule has 1 amide bonds. The van der Waals surface area contributed by atoms with Gasteiger partial charge in [0.2, 0.25) is 5.91 Å². The maximum Gasteiger partial charge on any atom is 0.224 e. The van der Waals surface area contributed by atoms with Crippen molar-refractivity contribution < 1.29 is 4.79 Å². The van der Waals surface area contributed by atoms with Gasteiger partial charge < -0.3 is 10.2 Å². The zero-order valence-corrected chi connectivity index (χ0v) is 19.5. The topological polar surface area (TPSA) is 75.4 Å². The van der Waals surface area contributed by atoms with Crippen LogP contribution in [0.3, 0.4) is 0 Å². The number of aryl methyl sites for hydroxylation is 2. The van der Waals surface area contributed by atoms with Gasteiger partial charge in [-0.15, -0.1) is 15.3 Å². The van der Waals surface area contributed by atoms with Crippen LogP contribution in [-0.2, 0) is 17.6 Å². The molecule has 1 aliphatic rings. The van der Waals surface area contributed by atoms with Gasteiger partial charge in [0.05, 0.1) is 0 Å². The molecule has 0 spiro atoms. The van der Waals surface area contributed by atoms with Crippen LogP contribution in [0.5, 0.6) is 0 Å². The molecule has 0 bridgehead atoms. The zero-order valence-electron chi connectivity index (χ0n) is 19.5. The summed E-state index contributed by atoms with van der Waals surface area (Å²) in [6, 6.07) is 22.5. The van der Waals surface area contributed by atoms with Crippen molar-refractivity contribution in [2.45, 2.75) is 39.0 Å². The Bertz CT molecular complexity index is 1240. The molecule has 34 heavy (non-hydrogen) atoms. The normalized spacial score (nSPS) is 14.4. The highest BCUT2D eigenvalue weighted by atomic mass is 16.1. The maximum atomic E-state index is 12.4. The molecule has 2 aromatic heterocycles. The van der Waals surface area contributed by atoms with Crippen LogP contribution in [0.1, 0.15) is 36.2 Å². The number of carbonyl (C=O) groups is 1. The van der Waals surface area contributed by atoms with E-state index in [4.69, 9.17) is 5.10 Å². The Kier molecular flexibility index (Phi) is 6.51. The average Bonchev–Trinajstić information content (AvgIpc) is 3.27. The molecule has 174 valence electrons. The molecule has 0 atom stereocenters. The Morgan fingerprint density at radius 2 is 1.74 bits per heavy atom. The zero-order chi connectivity index (χ0) is 23.3. The van der Waals surface area contributed by atoms with E-state index in [0.29, 0.717) is 30.2 Å². The summed E-state index contributed by atoms with van der Waals surface area (Å²) in [6.07, 6.45) is 4.26. The summed E-state index contributed by atoms with van der Waals surface area (Å²) < 4.78 is 1.78. The Morgan fingerprint density at radius 1 is 0.971 bits per heavy atom. The van der Waals surface area contributed by atoms with E-state index in [1.54, 1.807) is 4.52 Å². The Hall–Kier alpha value is -3.74. The number of hydrogen-bond donors (Lipinski definition) is 1. The summed E-state index contributed by atoms with van der Waals surface area (Å²) in [5.41, 5.74) is 4.09. The molecule has 4 aromatic rings. The highest BCUT2D eigenvalue weighted by Crippen LogP contribution is 2.25. The molecule has 0 saturated carbocycles. The number of benzene rings is 2. The molecule has 1 fully saturated rings. The Morgan fingerprint density at radius 3 is 2.50 bits per heavy atom. The van der Waals surface area contributed by atoms with Crippen molar-refractivity contribution in [3.05, 3.63) is 83.7 Å². The SMILES string of the molecule is Cc1ccc(NC(=O)CCc2nnc3ccc(N4CCC(Cc5ccccc5)CC4)nn23)cc1. The van der Waals surface area contributed by atoms with Gasteiger partial charge in [0, 0.05) is 31.6 Å². The predicted molar refractivity (Wildman–Crippen MR) is 134 cm³/mol. The molecule has 1 aliphatic heterocycles. The van der Waals surface area contributed by atoms with Gasteiger partial charge in [0.25, 0.3) is 0 Å². The number of fused-ring (bicyclic) bond motifs is 1. The third-order valence-electron chi connectivity index (χ3n) is 6.53. The summed E-state index contributed by atoms with van der Waals surface area (Å²) in [6.45, 7) is 4.01. The van der Waals surface area contributed by atoms with Crippen molar-refractivity contribution in [2.24, 2.45) is 5.92 Å². The molecular formula is C27H30N6O. The van der Waals surface area contributed by atoms with Gasteiger partial charge >= 0.3 is 0 Å². The van der Waals surface area contributed by atoms with Crippen LogP contribution in [0.15, 0.2) is 66.7 Å². The number of nitrogens with zero attached hydrogens (tertiary/aromatic N) is 5. The lowest BCUT2D eigenvalue weighted by Crippen LogP contribution is -2.35. The number of amides is 1. The first-order valence-electron chi connectivity index (χ1n) is 12.0. The predicted octanol–water partition coefficient (Wildman–Crippen LogP) is 4.46. The fourth-order valence-corrected chi connectivity index (χ4v) is 4.55. The van der Waals surface area contributed by atoms with Crippen LogP contribution >= 0.6 is 0 Å². The fourth-order valence-electron chi connectivity index (χ4n) is 4.55. The van der Waals surface area contributed by atoms with Crippen molar-refractivity contribution in [3.8, 4) is 0 Å². The van der Waals surface area contributed by atoms with Crippen molar-refractivity contribution in [2.75, 3.05) is 23.3 Å². The van der Waals surface area contributed by atoms with Gasteiger partial charge in [-0.2, -0.15) is 4.52 Å². The quantitative estimate of drug-likeness (QED) is 0.446. The van der Waals surface area contributed by atoms with E-state index in [2.05, 4.69) is 50.7 Å². The summed E-state index contributed by atoms with van der Waals surface area (Å²) in [5, 5.41) is 16.3. The summed E-state index contributed by atoms with van der Waals surface area (Å²) >= 11 is 0. The van der Waals surface area contributed by atoms with E-state index in [1.807, 2.05) is 43.3 Å². The summed E-state index contributed by atoms with van der Waals surface area (Å²) in [5.74, 6) is 2.31. The van der Waals surface area contributed by atoms with Crippen LogP contribution in [0, 0.1) is 12.8 Å². The lowest BCUT2D eigenvalue weighted by atomic mass is 9.90. The molecule has 7 nitrogen and oxygen atoms in total. The largest absolute Gasteiger partial charge is 0.355 e. The lowest BCUT2D eigenvalue weighted by molar-refractivity contribution is -0.116. The molecule has 3 heterocycles. The van der Waals surface area contributed by atoms with Gasteiger partial charge in [0.15, 0.2) is 11.5 Å². The van der Waals surface area contributed by atoms with Crippen LogP contribution in [0.25, 0.3) is 5.65 Å². The Labute approximate surface area is 199 Å². The standard InChI is InChI=1S/C27H30N6O/c1-20-7-9-23(10-8-20)28-27(34)14-13-25-30-29-24-11-12-26(31-33(24)25)32-17-15-22(16-18-32)19-21-5-3-2-4-6-21/h2-12,22H,13-19H2,1H3,(H,28,34). The van der Waals surface area contributed by atoms with Crippen molar-refractivity contribution in [3.63, 3.8) is 0 Å². The minimum atomic E-state index is -0.0442. The van der Waals surface area contributed by atoms with Gasteiger partial charge in [-0.25, -0.2) is 0 Å². The average molecular weight is 455 g/mol. The molecule has 0 aliphatic carbocycles. The van der Waals surface area contributed by atoms with Gasteiger partial charge in [-0.3, -0.25) is 4.79 Å². The van der Waals surface area contributed by atoms with Crippen molar-refractivity contribution in [1.82, 2.24) is 19.8 Å². The first-order valence-corrected chi connectivity index (χ1v) is 12.0. The molecule has 5 rings (SSSR count). The first kappa shape index (κ1) is 22.1. The molecular weight excluding hydrogens is 424 g/mol. The highest BCUT2D eigenvalue weighted by molar-refractivity contribution is 5.90. The van der Waals surface area contributed by atoms with Crippen LogP contribution in [-0.4, -0.2) is 38.8 Å². The number of aromatic nitrogens is 4. The van der Waals surface area contributed by atoms with Crippen LogP contribution < -0.4 is 10.2 Å². The number of piperidine rings is 1. The smallest absolute Gasteiger partial charge is 0.224 e. The molecule has 0 radical (unpaired) electrons. The monoisotopic (exact) mass is 454 g/mol. The lowest BCUT2D eigenvalue weighted by Gasteiger charge is -2.32. The third-order valence-corrected chi connectivity index (χ3v) is 6.53. The minimum absolute atomic E-state index is 0.0442. The summed E-state index contributed by atoms with van der Waals surface area (Å²) in [7, 11) is 0. The number of anilines is 2. The van der Waals surface area contributed by atoms with E-state index < -0.39 is 0 Å². The van der Waals surface area contributed by atoms with Crippen LogP contribution in [0.2, 0.25) is 0 Å². The second-order valence-corrected chi connectivity index (χ2v) is 9.11. The molecule has 0 unspecified atom stereocenters. The number of hydrogen-bond acceptors (Lipinski definition) is 5. The van der Waals surface area contributed by atoms with E-state index in [-0.39, 0.29) is 5.91 Å². The third kappa shape index (κ3) is 5.25. The fraction of sp³-hybridized carbons (Fsp3) is 0.333. The number of carbonyl (C=O) groups excluding carboxylic acids is 1. The van der Waals surface area contributed by atoms with E-state index in [1.165, 1.54) is 5.56 Å². The maximum absolute atomic E-state index is 12.4. The Balaban J connectivity index is 1.19. The molecule has 2 aromatic carbocycles. The van der Waals surface area contributed by atoms with Gasteiger partial charge in [-0.1, -0.05) is 48.0 Å². The molecule has 7 heteroatoms. The molecule has 1 N–H and O–H groups in total. The van der Waals surface area contributed by atoms with Gasteiger partial charge in [-0.05, 0) is 61.9 Å². The van der Waals surface area contributed by atoms with E-state index >= 15 is 0 Å². The van der Waals surface area contributed by atoms with Crippen LogP contribution in [0.4, 0.5) is 11.5 Å². The minimum Gasteiger partial charge on any atom is -0.355 e. The second kappa shape index (κ2) is 10.0. The van der Waals surface area contributed by atoms with E-state index in [9.17, 15) is 4.79 Å². The highest BCUT2D eigenvalue weighted by Gasteiger charge is 2.21.